The molecule has 0 N–H and O–H groups in total. The first kappa shape index (κ1) is 42.7. The van der Waals surface area contributed by atoms with Gasteiger partial charge in [-0.05, 0) is 133 Å². The summed E-state index contributed by atoms with van der Waals surface area (Å²) in [5.74, 6) is 0. The number of para-hydroxylation sites is 2. The van der Waals surface area contributed by atoms with Gasteiger partial charge in [0.2, 0.25) is 0 Å². The highest BCUT2D eigenvalue weighted by molar-refractivity contribution is 6.24. The molecule has 0 aliphatic rings. The highest BCUT2D eigenvalue weighted by atomic mass is 15.1. The van der Waals surface area contributed by atoms with Crippen LogP contribution in [0.25, 0.3) is 90.6 Å². The fourth-order valence-electron chi connectivity index (χ4n) is 10.2. The zero-order valence-corrected chi connectivity index (χ0v) is 38.9. The number of fused-ring (bicyclic) bond motifs is 3. The third kappa shape index (κ3) is 8.86. The van der Waals surface area contributed by atoms with Crippen molar-refractivity contribution >= 4 is 108 Å². The molecular formula is C66H56N2. The maximum Gasteiger partial charge on any atom is 0.0491 e. The molecule has 0 aliphatic carbocycles. The summed E-state index contributed by atoms with van der Waals surface area (Å²) < 4.78 is 2.56. The smallest absolute Gasteiger partial charge is 0.0491 e. The van der Waals surface area contributed by atoms with Crippen LogP contribution in [0.1, 0.15) is 78.8 Å². The zero-order chi connectivity index (χ0) is 45.7. The lowest BCUT2D eigenvalue weighted by Crippen LogP contribution is -2.09. The minimum absolute atomic E-state index is 1.03. The minimum atomic E-state index is 1.03. The Hall–Kier alpha value is -7.94. The SMILES string of the molecule is CCCCCCCCn1c2ccc(/C=C/c3ccc(/C=C/c4ccc5ccc6cccc7ccc4c5c67)cc3)cc2c2cc(/C=C/c3ccc(N(c4ccccc4)c4ccccc4)cc3)ccc21. The Morgan fingerprint density at radius 3 is 1.40 bits per heavy atom. The van der Waals surface area contributed by atoms with Crippen LogP contribution in [0.2, 0.25) is 0 Å². The van der Waals surface area contributed by atoms with Gasteiger partial charge in [0.05, 0.1) is 0 Å². The monoisotopic (exact) mass is 876 g/mol. The zero-order valence-electron chi connectivity index (χ0n) is 38.9. The van der Waals surface area contributed by atoms with E-state index in [9.17, 15) is 0 Å². The van der Waals surface area contributed by atoms with Crippen molar-refractivity contribution in [2.24, 2.45) is 0 Å². The second kappa shape index (κ2) is 19.5. The maximum atomic E-state index is 2.56. The third-order valence-electron chi connectivity index (χ3n) is 13.7. The van der Waals surface area contributed by atoms with E-state index in [1.54, 1.807) is 0 Å². The van der Waals surface area contributed by atoms with E-state index in [2.05, 4.69) is 253 Å². The van der Waals surface area contributed by atoms with Gasteiger partial charge in [0.25, 0.3) is 0 Å². The lowest BCUT2D eigenvalue weighted by Gasteiger charge is -2.25. The molecule has 1 heterocycles. The van der Waals surface area contributed by atoms with E-state index in [0.717, 1.165) is 23.6 Å². The molecule has 0 bridgehead atoms. The van der Waals surface area contributed by atoms with Gasteiger partial charge in [-0.25, -0.2) is 0 Å². The van der Waals surface area contributed by atoms with Crippen molar-refractivity contribution in [1.82, 2.24) is 4.57 Å². The first-order valence-corrected chi connectivity index (χ1v) is 24.5. The van der Waals surface area contributed by atoms with Gasteiger partial charge in [-0.2, -0.15) is 0 Å². The molecule has 0 saturated carbocycles. The number of hydrogen-bond donors (Lipinski definition) is 0. The highest BCUT2D eigenvalue weighted by Gasteiger charge is 2.14. The van der Waals surface area contributed by atoms with E-state index in [-0.39, 0.29) is 0 Å². The molecule has 0 unspecified atom stereocenters. The fourth-order valence-corrected chi connectivity index (χ4v) is 10.2. The summed E-state index contributed by atoms with van der Waals surface area (Å²) in [6, 6.07) is 73.1. The Morgan fingerprint density at radius 1 is 0.353 bits per heavy atom. The van der Waals surface area contributed by atoms with Crippen LogP contribution in [-0.4, -0.2) is 4.57 Å². The van der Waals surface area contributed by atoms with Gasteiger partial charge in [-0.15, -0.1) is 0 Å². The number of hydrogen-bond acceptors (Lipinski definition) is 1. The van der Waals surface area contributed by atoms with Crippen LogP contribution >= 0.6 is 0 Å². The van der Waals surface area contributed by atoms with Gasteiger partial charge in [0.1, 0.15) is 0 Å². The van der Waals surface area contributed by atoms with Gasteiger partial charge in [-0.3, -0.25) is 0 Å². The van der Waals surface area contributed by atoms with Crippen molar-refractivity contribution in [3.8, 4) is 0 Å². The van der Waals surface area contributed by atoms with Crippen molar-refractivity contribution in [3.63, 3.8) is 0 Å². The molecule has 330 valence electrons. The number of aryl methyl sites for hydroxylation is 1. The molecule has 0 fully saturated rings. The van der Waals surface area contributed by atoms with Crippen molar-refractivity contribution in [1.29, 1.82) is 0 Å². The molecule has 11 aromatic rings. The standard InChI is InChI=1S/C66H56N2/c1-2-3-4-5-6-13-45-67-63-43-32-51(27-25-48-21-23-49(24-22-48)29-34-53-35-36-56-38-37-54-15-14-16-55-39-42-60(53)66(56)65(54)55)46-61(63)62-47-52(33-44-64(62)67)28-26-50-30-40-59(41-31-50)68(57-17-9-7-10-18-57)58-19-11-8-12-20-58/h7-12,14-44,46-47H,2-6,13,45H2,1H3/b27-25+,28-26+,34-29+. The second-order valence-electron chi connectivity index (χ2n) is 18.2. The Balaban J connectivity index is 0.840. The first-order chi connectivity index (χ1) is 33.7. The lowest BCUT2D eigenvalue weighted by molar-refractivity contribution is 0.571. The summed E-state index contributed by atoms with van der Waals surface area (Å²) >= 11 is 0. The van der Waals surface area contributed by atoms with Gasteiger partial charge < -0.3 is 9.47 Å². The van der Waals surface area contributed by atoms with Crippen molar-refractivity contribution in [2.75, 3.05) is 4.90 Å². The summed E-state index contributed by atoms with van der Waals surface area (Å²) in [6.07, 6.45) is 21.2. The summed E-state index contributed by atoms with van der Waals surface area (Å²) in [6.45, 7) is 3.32. The Labute approximate surface area is 400 Å². The number of anilines is 3. The van der Waals surface area contributed by atoms with E-state index < -0.39 is 0 Å². The normalized spacial score (nSPS) is 12.1. The summed E-state index contributed by atoms with van der Waals surface area (Å²) in [7, 11) is 0. The fraction of sp³-hybridized carbons (Fsp3) is 0.121. The van der Waals surface area contributed by atoms with Gasteiger partial charge in [-0.1, -0.05) is 215 Å². The van der Waals surface area contributed by atoms with Crippen molar-refractivity contribution < 1.29 is 0 Å². The van der Waals surface area contributed by atoms with E-state index in [4.69, 9.17) is 0 Å². The number of rotatable bonds is 16. The Bertz CT molecular complexity index is 3520. The van der Waals surface area contributed by atoms with Crippen LogP contribution < -0.4 is 4.90 Å². The quantitative estimate of drug-likeness (QED) is 0.0533. The first-order valence-electron chi connectivity index (χ1n) is 24.5. The molecule has 0 amide bonds. The molecule has 10 aromatic carbocycles. The largest absolute Gasteiger partial charge is 0.340 e. The summed E-state index contributed by atoms with van der Waals surface area (Å²) in [5.41, 5.74) is 13.2. The molecule has 0 saturated heterocycles. The van der Waals surface area contributed by atoms with E-state index in [1.807, 2.05) is 0 Å². The Kier molecular flexibility index (Phi) is 12.2. The van der Waals surface area contributed by atoms with Gasteiger partial charge in [0, 0.05) is 45.4 Å². The average Bonchev–Trinajstić information content (AvgIpc) is 3.70. The summed E-state index contributed by atoms with van der Waals surface area (Å²) in [5, 5.41) is 10.5. The Morgan fingerprint density at radius 2 is 0.809 bits per heavy atom. The molecule has 11 rings (SSSR count). The molecule has 0 aliphatic heterocycles. The molecular weight excluding hydrogens is 821 g/mol. The predicted octanol–water partition coefficient (Wildman–Crippen LogP) is 19.0. The van der Waals surface area contributed by atoms with E-state index >= 15 is 0 Å². The van der Waals surface area contributed by atoms with Crippen LogP contribution in [0.5, 0.6) is 0 Å². The van der Waals surface area contributed by atoms with Gasteiger partial charge in [0.15, 0.2) is 0 Å². The number of benzene rings is 10. The lowest BCUT2D eigenvalue weighted by atomic mass is 9.92. The highest BCUT2D eigenvalue weighted by Crippen LogP contribution is 2.38. The minimum Gasteiger partial charge on any atom is -0.340 e. The van der Waals surface area contributed by atoms with Crippen LogP contribution in [0.3, 0.4) is 0 Å². The van der Waals surface area contributed by atoms with Crippen molar-refractivity contribution in [2.45, 2.75) is 52.0 Å². The molecule has 0 spiro atoms. The maximum absolute atomic E-state index is 2.56. The molecule has 0 atom stereocenters. The van der Waals surface area contributed by atoms with E-state index in [0.29, 0.717) is 0 Å². The third-order valence-corrected chi connectivity index (χ3v) is 13.7. The van der Waals surface area contributed by atoms with Crippen LogP contribution in [-0.2, 0) is 6.54 Å². The second-order valence-corrected chi connectivity index (χ2v) is 18.2. The number of nitrogens with zero attached hydrogens (tertiary/aromatic N) is 2. The van der Waals surface area contributed by atoms with Crippen molar-refractivity contribution in [3.05, 3.63) is 234 Å². The molecule has 2 nitrogen and oxygen atoms in total. The topological polar surface area (TPSA) is 8.17 Å². The molecule has 0 radical (unpaired) electrons. The number of aromatic nitrogens is 1. The molecule has 68 heavy (non-hydrogen) atoms. The van der Waals surface area contributed by atoms with E-state index in [1.165, 1.54) is 126 Å². The van der Waals surface area contributed by atoms with Gasteiger partial charge >= 0.3 is 0 Å². The molecule has 1 aromatic heterocycles. The van der Waals surface area contributed by atoms with Crippen LogP contribution in [0.4, 0.5) is 17.1 Å². The summed E-state index contributed by atoms with van der Waals surface area (Å²) in [4.78, 5) is 2.30. The van der Waals surface area contributed by atoms with Crippen LogP contribution in [0, 0.1) is 0 Å². The number of unbranched alkanes of at least 4 members (excludes halogenated alkanes) is 5. The van der Waals surface area contributed by atoms with Crippen LogP contribution in [0.15, 0.2) is 200 Å². The predicted molar refractivity (Wildman–Crippen MR) is 297 cm³/mol. The molecule has 2 heteroatoms. The average molecular weight is 877 g/mol.